The molecule has 0 saturated heterocycles. The predicted molar refractivity (Wildman–Crippen MR) is 112 cm³/mol. The zero-order valence-corrected chi connectivity index (χ0v) is 17.8. The maximum atomic E-state index is 12.5. The predicted octanol–water partition coefficient (Wildman–Crippen LogP) is 2.27. The van der Waals surface area contributed by atoms with Crippen LogP contribution < -0.4 is 5.32 Å². The van der Waals surface area contributed by atoms with E-state index in [0.717, 1.165) is 23.0 Å². The fraction of sp³-hybridized carbons (Fsp3) is 0.200. The summed E-state index contributed by atoms with van der Waals surface area (Å²) in [6, 6.07) is 11.8. The summed E-state index contributed by atoms with van der Waals surface area (Å²) in [5, 5.41) is 14.7. The van der Waals surface area contributed by atoms with Gasteiger partial charge in [-0.1, -0.05) is 29.5 Å². The summed E-state index contributed by atoms with van der Waals surface area (Å²) in [6.07, 6.45) is 0. The number of methoxy groups -OCH3 is 2. The molecule has 0 unspecified atom stereocenters. The van der Waals surface area contributed by atoms with Gasteiger partial charge in [-0.05, 0) is 47.7 Å². The molecule has 0 spiro atoms. The van der Waals surface area contributed by atoms with Crippen molar-refractivity contribution in [2.24, 2.45) is 0 Å². The SMILES string of the molecule is COC(=O)c1cc(NC(=O)CSc2nnnn2-c2ccc(C)cc2)cc(C(=O)OC)c1. The van der Waals surface area contributed by atoms with Crippen LogP contribution in [0.4, 0.5) is 5.69 Å². The van der Waals surface area contributed by atoms with E-state index >= 15 is 0 Å². The molecule has 0 fully saturated rings. The topological polar surface area (TPSA) is 125 Å². The Balaban J connectivity index is 1.72. The molecule has 10 nitrogen and oxygen atoms in total. The second kappa shape index (κ2) is 9.85. The van der Waals surface area contributed by atoms with Gasteiger partial charge in [-0.25, -0.2) is 9.59 Å². The number of ether oxygens (including phenoxy) is 2. The molecule has 0 aliphatic carbocycles. The van der Waals surface area contributed by atoms with Crippen molar-refractivity contribution in [3.05, 3.63) is 59.2 Å². The number of nitrogens with one attached hydrogen (secondary N) is 1. The molecule has 0 saturated carbocycles. The van der Waals surface area contributed by atoms with E-state index in [2.05, 4.69) is 20.8 Å². The third kappa shape index (κ3) is 5.45. The van der Waals surface area contributed by atoms with Crippen LogP contribution in [0.5, 0.6) is 0 Å². The first-order chi connectivity index (χ1) is 14.9. The Bertz CT molecular complexity index is 1080. The summed E-state index contributed by atoms with van der Waals surface area (Å²) in [5.41, 5.74) is 2.35. The highest BCUT2D eigenvalue weighted by Crippen LogP contribution is 2.20. The van der Waals surface area contributed by atoms with Crippen LogP contribution in [-0.2, 0) is 14.3 Å². The lowest BCUT2D eigenvalue weighted by Crippen LogP contribution is -2.16. The lowest BCUT2D eigenvalue weighted by atomic mass is 10.1. The number of hydrogen-bond donors (Lipinski definition) is 1. The number of anilines is 1. The number of nitrogens with zero attached hydrogens (tertiary/aromatic N) is 4. The molecule has 0 atom stereocenters. The highest BCUT2D eigenvalue weighted by Gasteiger charge is 2.16. The number of thioether (sulfide) groups is 1. The Morgan fingerprint density at radius 1 is 1.00 bits per heavy atom. The minimum absolute atomic E-state index is 0.00223. The number of carbonyl (C=O) groups excluding carboxylic acids is 3. The van der Waals surface area contributed by atoms with E-state index in [9.17, 15) is 14.4 Å². The van der Waals surface area contributed by atoms with Crippen molar-refractivity contribution in [1.82, 2.24) is 20.2 Å². The maximum absolute atomic E-state index is 12.5. The summed E-state index contributed by atoms with van der Waals surface area (Å²) in [7, 11) is 2.44. The van der Waals surface area contributed by atoms with Crippen LogP contribution in [0.3, 0.4) is 0 Å². The summed E-state index contributed by atoms with van der Waals surface area (Å²) < 4.78 is 10.9. The monoisotopic (exact) mass is 441 g/mol. The van der Waals surface area contributed by atoms with Gasteiger partial charge in [0.15, 0.2) is 0 Å². The van der Waals surface area contributed by atoms with Gasteiger partial charge in [0.1, 0.15) is 0 Å². The third-order valence-electron chi connectivity index (χ3n) is 4.11. The minimum atomic E-state index is -0.645. The van der Waals surface area contributed by atoms with Crippen molar-refractivity contribution >= 4 is 35.3 Å². The van der Waals surface area contributed by atoms with Crippen LogP contribution >= 0.6 is 11.8 Å². The molecule has 1 heterocycles. The molecule has 0 radical (unpaired) electrons. The molecular weight excluding hydrogens is 422 g/mol. The lowest BCUT2D eigenvalue weighted by Gasteiger charge is -2.09. The number of hydrogen-bond acceptors (Lipinski definition) is 9. The fourth-order valence-corrected chi connectivity index (χ4v) is 3.31. The number of aromatic nitrogens is 4. The van der Waals surface area contributed by atoms with E-state index in [4.69, 9.17) is 9.47 Å². The van der Waals surface area contributed by atoms with E-state index in [-0.39, 0.29) is 28.5 Å². The number of aryl methyl sites for hydroxylation is 1. The molecule has 0 aliphatic rings. The molecule has 160 valence electrons. The number of esters is 2. The number of carbonyl (C=O) groups is 3. The van der Waals surface area contributed by atoms with Crippen LogP contribution in [0.2, 0.25) is 0 Å². The van der Waals surface area contributed by atoms with Crippen molar-refractivity contribution in [2.75, 3.05) is 25.3 Å². The lowest BCUT2D eigenvalue weighted by molar-refractivity contribution is -0.113. The van der Waals surface area contributed by atoms with Gasteiger partial charge in [0, 0.05) is 5.69 Å². The van der Waals surface area contributed by atoms with E-state index in [1.54, 1.807) is 0 Å². The van der Waals surface area contributed by atoms with Crippen molar-refractivity contribution < 1.29 is 23.9 Å². The Labute approximate surface area is 181 Å². The third-order valence-corrected chi connectivity index (χ3v) is 5.03. The number of tetrazole rings is 1. The van der Waals surface area contributed by atoms with Gasteiger partial charge in [-0.15, -0.1) is 5.10 Å². The Hall–Kier alpha value is -3.73. The van der Waals surface area contributed by atoms with Gasteiger partial charge in [0.25, 0.3) is 0 Å². The molecule has 2 aromatic carbocycles. The molecule has 31 heavy (non-hydrogen) atoms. The molecule has 0 aliphatic heterocycles. The van der Waals surface area contributed by atoms with Crippen LogP contribution in [0.1, 0.15) is 26.3 Å². The van der Waals surface area contributed by atoms with Crippen molar-refractivity contribution in [1.29, 1.82) is 0 Å². The molecule has 11 heteroatoms. The standard InChI is InChI=1S/C20H19N5O5S/c1-12-4-6-16(7-5-12)25-20(22-23-24-25)31-11-17(26)21-15-9-13(18(27)29-2)8-14(10-15)19(28)30-3/h4-10H,11H2,1-3H3,(H,21,26). The molecular formula is C20H19N5O5S. The normalized spacial score (nSPS) is 10.4. The van der Waals surface area contributed by atoms with Crippen molar-refractivity contribution in [3.63, 3.8) is 0 Å². The van der Waals surface area contributed by atoms with E-state index in [1.165, 1.54) is 37.1 Å². The van der Waals surface area contributed by atoms with Crippen molar-refractivity contribution in [3.8, 4) is 5.69 Å². The van der Waals surface area contributed by atoms with Gasteiger partial charge in [-0.2, -0.15) is 4.68 Å². The second-order valence-corrected chi connectivity index (χ2v) is 7.27. The number of rotatable bonds is 7. The number of benzene rings is 2. The van der Waals surface area contributed by atoms with E-state index in [0.29, 0.717) is 5.16 Å². The largest absolute Gasteiger partial charge is 0.465 e. The maximum Gasteiger partial charge on any atom is 0.337 e. The summed E-state index contributed by atoms with van der Waals surface area (Å²) in [4.78, 5) is 36.2. The van der Waals surface area contributed by atoms with Gasteiger partial charge < -0.3 is 14.8 Å². The molecule has 1 N–H and O–H groups in total. The summed E-state index contributed by atoms with van der Waals surface area (Å²) in [6.45, 7) is 1.98. The fourth-order valence-electron chi connectivity index (χ4n) is 2.62. The Morgan fingerprint density at radius 3 is 2.19 bits per heavy atom. The van der Waals surface area contributed by atoms with Crippen LogP contribution in [0, 0.1) is 6.92 Å². The zero-order valence-electron chi connectivity index (χ0n) is 17.0. The average Bonchev–Trinajstić information content (AvgIpc) is 3.25. The smallest absolute Gasteiger partial charge is 0.337 e. The Kier molecular flexibility index (Phi) is 6.98. The minimum Gasteiger partial charge on any atom is -0.465 e. The van der Waals surface area contributed by atoms with Gasteiger partial charge in [-0.3, -0.25) is 4.79 Å². The Morgan fingerprint density at radius 2 is 1.61 bits per heavy atom. The second-order valence-electron chi connectivity index (χ2n) is 6.33. The first-order valence-corrected chi connectivity index (χ1v) is 9.99. The van der Waals surface area contributed by atoms with Crippen LogP contribution in [0.25, 0.3) is 5.69 Å². The van der Waals surface area contributed by atoms with Gasteiger partial charge >= 0.3 is 11.9 Å². The highest BCUT2D eigenvalue weighted by atomic mass is 32.2. The molecule has 3 aromatic rings. The number of amides is 1. The average molecular weight is 441 g/mol. The van der Waals surface area contributed by atoms with Gasteiger partial charge in [0.05, 0.1) is 36.8 Å². The quantitative estimate of drug-likeness (QED) is 0.434. The summed E-state index contributed by atoms with van der Waals surface area (Å²) >= 11 is 1.14. The zero-order chi connectivity index (χ0) is 22.4. The van der Waals surface area contributed by atoms with Gasteiger partial charge in [0.2, 0.25) is 11.1 Å². The van der Waals surface area contributed by atoms with Crippen LogP contribution in [0.15, 0.2) is 47.6 Å². The molecule has 1 aromatic heterocycles. The highest BCUT2D eigenvalue weighted by molar-refractivity contribution is 7.99. The molecule has 3 rings (SSSR count). The first-order valence-electron chi connectivity index (χ1n) is 9.01. The van der Waals surface area contributed by atoms with Crippen LogP contribution in [-0.4, -0.2) is 58.0 Å². The van der Waals surface area contributed by atoms with E-state index in [1.807, 2.05) is 31.2 Å². The first kappa shape index (κ1) is 22.0. The van der Waals surface area contributed by atoms with Crippen molar-refractivity contribution in [2.45, 2.75) is 12.1 Å². The van der Waals surface area contributed by atoms with E-state index < -0.39 is 11.9 Å². The molecule has 1 amide bonds. The summed E-state index contributed by atoms with van der Waals surface area (Å²) in [5.74, 6) is -1.66. The molecule has 0 bridgehead atoms.